The summed E-state index contributed by atoms with van der Waals surface area (Å²) in [5, 5.41) is 13.8. The van der Waals surface area contributed by atoms with Crippen LogP contribution >= 0.6 is 11.3 Å². The fourth-order valence-electron chi connectivity index (χ4n) is 3.15. The van der Waals surface area contributed by atoms with E-state index in [2.05, 4.69) is 4.98 Å². The molecule has 4 nitrogen and oxygen atoms in total. The van der Waals surface area contributed by atoms with Crippen LogP contribution in [-0.2, 0) is 10.4 Å². The molecular weight excluding hydrogens is 308 g/mol. The number of amides is 1. The smallest absolute Gasteiger partial charge is 0.225 e. The number of hydrogen-bond acceptors (Lipinski definition) is 4. The summed E-state index contributed by atoms with van der Waals surface area (Å²) < 4.78 is 0. The van der Waals surface area contributed by atoms with Gasteiger partial charge in [0.05, 0.1) is 17.0 Å². The van der Waals surface area contributed by atoms with Crippen LogP contribution in [0.2, 0.25) is 0 Å². The second-order valence-electron chi connectivity index (χ2n) is 6.37. The number of hydrogen-bond donors (Lipinski definition) is 1. The third kappa shape index (κ3) is 3.79. The van der Waals surface area contributed by atoms with Crippen molar-refractivity contribution in [1.29, 1.82) is 0 Å². The molecule has 1 aliphatic heterocycles. The Kier molecular flexibility index (Phi) is 4.78. The number of likely N-dealkylation sites (tertiary alicyclic amines) is 1. The SMILES string of the molecule is CC(O)(CC(=O)N1CCCC(c2nccs2)C1)c1ccccc1. The fourth-order valence-corrected chi connectivity index (χ4v) is 3.91. The number of carbonyl (C=O) groups is 1. The zero-order valence-corrected chi connectivity index (χ0v) is 14.1. The Morgan fingerprint density at radius 1 is 1.43 bits per heavy atom. The third-order valence-corrected chi connectivity index (χ3v) is 5.40. The van der Waals surface area contributed by atoms with E-state index in [1.807, 2.05) is 46.8 Å². The first-order valence-corrected chi connectivity index (χ1v) is 8.89. The highest BCUT2D eigenvalue weighted by atomic mass is 32.1. The molecule has 2 heterocycles. The summed E-state index contributed by atoms with van der Waals surface area (Å²) >= 11 is 1.65. The number of piperidine rings is 1. The van der Waals surface area contributed by atoms with Crippen molar-refractivity contribution in [2.24, 2.45) is 0 Å². The molecule has 1 aliphatic rings. The molecule has 0 bridgehead atoms. The predicted molar refractivity (Wildman–Crippen MR) is 91.3 cm³/mol. The first-order valence-electron chi connectivity index (χ1n) is 8.01. The van der Waals surface area contributed by atoms with Crippen molar-refractivity contribution >= 4 is 17.2 Å². The van der Waals surface area contributed by atoms with Gasteiger partial charge in [0.25, 0.3) is 0 Å². The highest BCUT2D eigenvalue weighted by Crippen LogP contribution is 2.30. The van der Waals surface area contributed by atoms with Crippen LogP contribution in [0.3, 0.4) is 0 Å². The monoisotopic (exact) mass is 330 g/mol. The lowest BCUT2D eigenvalue weighted by Crippen LogP contribution is -2.42. The number of benzene rings is 1. The van der Waals surface area contributed by atoms with Gasteiger partial charge in [0.15, 0.2) is 0 Å². The Labute approximate surface area is 140 Å². The lowest BCUT2D eigenvalue weighted by Gasteiger charge is -2.34. The highest BCUT2D eigenvalue weighted by Gasteiger charge is 2.32. The van der Waals surface area contributed by atoms with Crippen molar-refractivity contribution < 1.29 is 9.90 Å². The van der Waals surface area contributed by atoms with Gasteiger partial charge in [0.2, 0.25) is 5.91 Å². The molecule has 2 aromatic rings. The van der Waals surface area contributed by atoms with Crippen molar-refractivity contribution in [3.63, 3.8) is 0 Å². The summed E-state index contributed by atoms with van der Waals surface area (Å²) in [5.74, 6) is 0.342. The van der Waals surface area contributed by atoms with E-state index in [0.717, 1.165) is 30.0 Å². The molecule has 1 fully saturated rings. The van der Waals surface area contributed by atoms with Crippen LogP contribution in [0, 0.1) is 0 Å². The summed E-state index contributed by atoms with van der Waals surface area (Å²) in [6.07, 6.45) is 4.00. The number of aliphatic hydroxyl groups is 1. The fraction of sp³-hybridized carbons (Fsp3) is 0.444. The zero-order chi connectivity index (χ0) is 16.3. The van der Waals surface area contributed by atoms with Crippen molar-refractivity contribution in [2.45, 2.75) is 37.7 Å². The van der Waals surface area contributed by atoms with Gasteiger partial charge in [-0.2, -0.15) is 0 Å². The maximum Gasteiger partial charge on any atom is 0.225 e. The number of aromatic nitrogens is 1. The van der Waals surface area contributed by atoms with Gasteiger partial charge in [0.1, 0.15) is 0 Å². The summed E-state index contributed by atoms with van der Waals surface area (Å²) in [4.78, 5) is 18.9. The highest BCUT2D eigenvalue weighted by molar-refractivity contribution is 7.09. The Balaban J connectivity index is 1.66. The van der Waals surface area contributed by atoms with Crippen LogP contribution in [0.5, 0.6) is 0 Å². The van der Waals surface area contributed by atoms with Crippen molar-refractivity contribution in [3.8, 4) is 0 Å². The minimum Gasteiger partial charge on any atom is -0.385 e. The molecular formula is C18H22N2O2S. The summed E-state index contributed by atoms with van der Waals surface area (Å²) in [7, 11) is 0. The molecule has 5 heteroatoms. The molecule has 1 saturated heterocycles. The number of carbonyl (C=O) groups excluding carboxylic acids is 1. The van der Waals surface area contributed by atoms with Crippen molar-refractivity contribution in [1.82, 2.24) is 9.88 Å². The van der Waals surface area contributed by atoms with Gasteiger partial charge < -0.3 is 10.0 Å². The van der Waals surface area contributed by atoms with Gasteiger partial charge in [-0.15, -0.1) is 11.3 Å². The van der Waals surface area contributed by atoms with Crippen LogP contribution in [0.25, 0.3) is 0 Å². The predicted octanol–water partition coefficient (Wildman–Crippen LogP) is 3.15. The molecule has 2 atom stereocenters. The maximum absolute atomic E-state index is 12.7. The summed E-state index contributed by atoms with van der Waals surface area (Å²) in [6, 6.07) is 9.40. The van der Waals surface area contributed by atoms with E-state index in [1.165, 1.54) is 0 Å². The molecule has 1 amide bonds. The topological polar surface area (TPSA) is 53.4 Å². The first kappa shape index (κ1) is 16.1. The van der Waals surface area contributed by atoms with E-state index in [4.69, 9.17) is 0 Å². The van der Waals surface area contributed by atoms with Crippen molar-refractivity contribution in [2.75, 3.05) is 13.1 Å². The van der Waals surface area contributed by atoms with E-state index in [-0.39, 0.29) is 12.3 Å². The molecule has 1 aromatic heterocycles. The lowest BCUT2D eigenvalue weighted by atomic mass is 9.91. The van der Waals surface area contributed by atoms with Gasteiger partial charge in [0, 0.05) is 30.6 Å². The standard InChI is InChI=1S/C18H22N2O2S/c1-18(22,15-7-3-2-4-8-15)12-16(21)20-10-5-6-14(13-20)17-19-9-11-23-17/h2-4,7-9,11,14,22H,5-6,10,12-13H2,1H3. The van der Waals surface area contributed by atoms with Crippen LogP contribution in [0.15, 0.2) is 41.9 Å². The van der Waals surface area contributed by atoms with E-state index < -0.39 is 5.60 Å². The minimum absolute atomic E-state index is 0.0140. The van der Waals surface area contributed by atoms with E-state index >= 15 is 0 Å². The van der Waals surface area contributed by atoms with Gasteiger partial charge in [-0.1, -0.05) is 30.3 Å². The Morgan fingerprint density at radius 2 is 2.22 bits per heavy atom. The van der Waals surface area contributed by atoms with Gasteiger partial charge in [-0.25, -0.2) is 4.98 Å². The average Bonchev–Trinajstić information content (AvgIpc) is 3.10. The van der Waals surface area contributed by atoms with Crippen LogP contribution in [0.4, 0.5) is 0 Å². The molecule has 1 aromatic carbocycles. The largest absolute Gasteiger partial charge is 0.385 e. The molecule has 0 spiro atoms. The molecule has 3 rings (SSSR count). The first-order chi connectivity index (χ1) is 11.1. The van der Waals surface area contributed by atoms with Crippen LogP contribution in [-0.4, -0.2) is 34.0 Å². The Morgan fingerprint density at radius 3 is 2.91 bits per heavy atom. The molecule has 122 valence electrons. The second-order valence-corrected chi connectivity index (χ2v) is 7.29. The number of nitrogens with zero attached hydrogens (tertiary/aromatic N) is 2. The van der Waals surface area contributed by atoms with E-state index in [0.29, 0.717) is 12.5 Å². The second kappa shape index (κ2) is 6.81. The quantitative estimate of drug-likeness (QED) is 0.937. The normalized spacial score (nSPS) is 21.0. The van der Waals surface area contributed by atoms with Gasteiger partial charge >= 0.3 is 0 Å². The molecule has 2 unspecified atom stereocenters. The van der Waals surface area contributed by atoms with Gasteiger partial charge in [-0.3, -0.25) is 4.79 Å². The molecule has 0 radical (unpaired) electrons. The van der Waals surface area contributed by atoms with E-state index in [1.54, 1.807) is 18.3 Å². The molecule has 1 N–H and O–H groups in total. The van der Waals surface area contributed by atoms with Crippen LogP contribution in [0.1, 0.15) is 42.7 Å². The van der Waals surface area contributed by atoms with E-state index in [9.17, 15) is 9.90 Å². The third-order valence-electron chi connectivity index (χ3n) is 4.47. The maximum atomic E-state index is 12.7. The van der Waals surface area contributed by atoms with Crippen molar-refractivity contribution in [3.05, 3.63) is 52.5 Å². The average molecular weight is 330 g/mol. The Hall–Kier alpha value is -1.72. The van der Waals surface area contributed by atoms with Gasteiger partial charge in [-0.05, 0) is 25.3 Å². The number of thiazole rings is 1. The molecule has 0 aliphatic carbocycles. The molecule has 23 heavy (non-hydrogen) atoms. The summed E-state index contributed by atoms with van der Waals surface area (Å²) in [6.45, 7) is 3.19. The Bertz CT molecular complexity index is 640. The lowest BCUT2D eigenvalue weighted by molar-refractivity contribution is -0.137. The minimum atomic E-state index is -1.13. The molecule has 0 saturated carbocycles. The summed E-state index contributed by atoms with van der Waals surface area (Å²) in [5.41, 5.74) is -0.353. The zero-order valence-electron chi connectivity index (χ0n) is 13.3. The number of rotatable bonds is 4. The van der Waals surface area contributed by atoms with Crippen LogP contribution < -0.4 is 0 Å².